The Morgan fingerprint density at radius 2 is 1.89 bits per heavy atom. The lowest BCUT2D eigenvalue weighted by Crippen LogP contribution is -2.42. The molecule has 0 saturated heterocycles. The van der Waals surface area contributed by atoms with Gasteiger partial charge in [-0.25, -0.2) is 4.79 Å². The zero-order valence-electron chi connectivity index (χ0n) is 16.2. The van der Waals surface area contributed by atoms with Gasteiger partial charge in [0.1, 0.15) is 0 Å². The van der Waals surface area contributed by atoms with Gasteiger partial charge in [0.05, 0.1) is 28.9 Å². The van der Waals surface area contributed by atoms with E-state index in [0.29, 0.717) is 10.6 Å². The van der Waals surface area contributed by atoms with Gasteiger partial charge in [-0.2, -0.15) is 0 Å². The van der Waals surface area contributed by atoms with Crippen molar-refractivity contribution in [2.24, 2.45) is 4.99 Å². The first-order chi connectivity index (χ1) is 12.7. The summed E-state index contributed by atoms with van der Waals surface area (Å²) in [5.74, 6) is -0.363. The highest BCUT2D eigenvalue weighted by Gasteiger charge is 2.29. The molecule has 2 aromatic rings. The van der Waals surface area contributed by atoms with E-state index in [-0.39, 0.29) is 11.5 Å². The average molecular weight is 383 g/mol. The van der Waals surface area contributed by atoms with Crippen molar-refractivity contribution >= 4 is 40.7 Å². The molecule has 0 aromatic heterocycles. The molecule has 0 unspecified atom stereocenters. The summed E-state index contributed by atoms with van der Waals surface area (Å²) in [6, 6.07) is 11.0. The molecule has 1 aliphatic rings. The molecule has 0 amide bonds. The maximum Gasteiger partial charge on any atom is 0.337 e. The second-order valence-corrected chi connectivity index (χ2v) is 7.63. The summed E-state index contributed by atoms with van der Waals surface area (Å²) in [7, 11) is 3.44. The van der Waals surface area contributed by atoms with Crippen molar-refractivity contribution in [3.05, 3.63) is 64.2 Å². The third kappa shape index (κ3) is 3.76. The minimum atomic E-state index is -0.363. The number of rotatable bonds is 3. The minimum Gasteiger partial charge on any atom is -0.465 e. The van der Waals surface area contributed by atoms with Crippen molar-refractivity contribution in [1.29, 1.82) is 0 Å². The van der Waals surface area contributed by atoms with E-state index in [4.69, 9.17) is 16.3 Å². The molecule has 2 aromatic carbocycles. The Balaban J connectivity index is 1.92. The number of aliphatic imine (C=N–C) groups is 1. The van der Waals surface area contributed by atoms with Crippen LogP contribution >= 0.6 is 11.6 Å². The van der Waals surface area contributed by atoms with Crippen LogP contribution in [0.15, 0.2) is 47.5 Å². The number of carbonyl (C=O) groups excluding carboxylic acids is 1. The van der Waals surface area contributed by atoms with E-state index in [1.54, 1.807) is 30.5 Å². The molecular formula is C22H23ClN2O2. The van der Waals surface area contributed by atoms with Gasteiger partial charge in [0.25, 0.3) is 0 Å². The van der Waals surface area contributed by atoms with Crippen molar-refractivity contribution in [3.63, 3.8) is 0 Å². The number of halogens is 1. The molecule has 140 valence electrons. The molecule has 5 heteroatoms. The number of likely N-dealkylation sites (N-methyl/N-ethyl adjacent to an activating group) is 1. The first kappa shape index (κ1) is 19.2. The third-order valence-electron chi connectivity index (χ3n) is 4.98. The van der Waals surface area contributed by atoms with Gasteiger partial charge in [0, 0.05) is 30.1 Å². The van der Waals surface area contributed by atoms with Gasteiger partial charge in [-0.3, -0.25) is 4.99 Å². The molecule has 4 nitrogen and oxygen atoms in total. The molecule has 0 N–H and O–H groups in total. The molecule has 1 aliphatic heterocycles. The molecule has 0 aliphatic carbocycles. The predicted molar refractivity (Wildman–Crippen MR) is 113 cm³/mol. The number of anilines is 1. The summed E-state index contributed by atoms with van der Waals surface area (Å²) in [4.78, 5) is 18.2. The predicted octanol–water partition coefficient (Wildman–Crippen LogP) is 5.51. The van der Waals surface area contributed by atoms with Crippen molar-refractivity contribution in [2.75, 3.05) is 19.1 Å². The largest absolute Gasteiger partial charge is 0.465 e. The number of fused-ring (bicyclic) bond motifs is 1. The summed E-state index contributed by atoms with van der Waals surface area (Å²) in [6.07, 6.45) is 4.01. The number of esters is 1. The standard InChI is InChI=1S/C22H23ClN2O2/c1-14-12-22(2,3)25(4)20-11-19(23)16(10-18(14)20)13-24-17-8-6-15(7-9-17)21(26)27-5/h6-13H,1-5H3. The number of hydrogen-bond acceptors (Lipinski definition) is 4. The molecule has 27 heavy (non-hydrogen) atoms. The van der Waals surface area contributed by atoms with Crippen LogP contribution in [0, 0.1) is 0 Å². The number of carbonyl (C=O) groups is 1. The van der Waals surface area contributed by atoms with Gasteiger partial charge in [0.2, 0.25) is 0 Å². The van der Waals surface area contributed by atoms with E-state index in [1.165, 1.54) is 12.7 Å². The highest BCUT2D eigenvalue weighted by molar-refractivity contribution is 6.33. The molecule has 0 radical (unpaired) electrons. The van der Waals surface area contributed by atoms with Crippen LogP contribution in [0.3, 0.4) is 0 Å². The fourth-order valence-electron chi connectivity index (χ4n) is 3.23. The zero-order chi connectivity index (χ0) is 19.8. The van der Waals surface area contributed by atoms with E-state index in [1.807, 2.05) is 6.07 Å². The van der Waals surface area contributed by atoms with E-state index >= 15 is 0 Å². The summed E-state index contributed by atoms with van der Waals surface area (Å²) >= 11 is 6.52. The zero-order valence-corrected chi connectivity index (χ0v) is 17.0. The molecule has 3 rings (SSSR count). The van der Waals surface area contributed by atoms with Gasteiger partial charge in [-0.15, -0.1) is 0 Å². The second-order valence-electron chi connectivity index (χ2n) is 7.23. The van der Waals surface area contributed by atoms with Crippen molar-refractivity contribution in [2.45, 2.75) is 26.3 Å². The van der Waals surface area contributed by atoms with E-state index in [9.17, 15) is 4.79 Å². The Morgan fingerprint density at radius 3 is 2.52 bits per heavy atom. The highest BCUT2D eigenvalue weighted by Crippen LogP contribution is 2.40. The number of benzene rings is 2. The Bertz CT molecular complexity index is 944. The average Bonchev–Trinajstić information content (AvgIpc) is 2.64. The lowest BCUT2D eigenvalue weighted by molar-refractivity contribution is 0.0601. The van der Waals surface area contributed by atoms with Gasteiger partial charge < -0.3 is 9.64 Å². The van der Waals surface area contributed by atoms with Gasteiger partial charge in [-0.1, -0.05) is 17.7 Å². The maximum atomic E-state index is 11.5. The van der Waals surface area contributed by atoms with E-state index in [0.717, 1.165) is 22.5 Å². The second kappa shape index (κ2) is 7.20. The van der Waals surface area contributed by atoms with Crippen molar-refractivity contribution < 1.29 is 9.53 Å². The van der Waals surface area contributed by atoms with Crippen LogP contribution in [0.5, 0.6) is 0 Å². The lowest BCUT2D eigenvalue weighted by atomic mass is 9.88. The summed E-state index contributed by atoms with van der Waals surface area (Å²) in [5, 5.41) is 0.654. The maximum absolute atomic E-state index is 11.5. The molecule has 1 heterocycles. The fraction of sp³-hybridized carbons (Fsp3) is 0.273. The van der Waals surface area contributed by atoms with Gasteiger partial charge in [0.15, 0.2) is 0 Å². The molecule has 0 fully saturated rings. The first-order valence-corrected chi connectivity index (χ1v) is 9.10. The number of hydrogen-bond donors (Lipinski definition) is 0. The van der Waals surface area contributed by atoms with Gasteiger partial charge >= 0.3 is 5.97 Å². The Kier molecular flexibility index (Phi) is 5.11. The molecular weight excluding hydrogens is 360 g/mol. The minimum absolute atomic E-state index is 0.0581. The van der Waals surface area contributed by atoms with Crippen LogP contribution < -0.4 is 4.90 Å². The molecule has 0 atom stereocenters. The summed E-state index contributed by atoms with van der Waals surface area (Å²) in [5.41, 5.74) is 5.53. The van der Waals surface area contributed by atoms with Crippen LogP contribution in [0.2, 0.25) is 5.02 Å². The van der Waals surface area contributed by atoms with Crippen LogP contribution in [-0.4, -0.2) is 31.9 Å². The van der Waals surface area contributed by atoms with E-state index < -0.39 is 0 Å². The first-order valence-electron chi connectivity index (χ1n) is 8.72. The topological polar surface area (TPSA) is 41.9 Å². The van der Waals surface area contributed by atoms with Crippen LogP contribution in [0.1, 0.15) is 42.3 Å². The normalized spacial score (nSPS) is 15.5. The monoisotopic (exact) mass is 382 g/mol. The Labute approximate surface area is 165 Å². The molecule has 0 bridgehead atoms. The molecule has 0 saturated carbocycles. The Hall–Kier alpha value is -2.59. The number of methoxy groups -OCH3 is 1. The third-order valence-corrected chi connectivity index (χ3v) is 5.30. The number of allylic oxidation sites excluding steroid dienone is 1. The van der Waals surface area contributed by atoms with Crippen LogP contribution in [0.4, 0.5) is 11.4 Å². The smallest absolute Gasteiger partial charge is 0.337 e. The number of ether oxygens (including phenoxy) is 1. The van der Waals surface area contributed by atoms with E-state index in [2.05, 4.69) is 49.9 Å². The highest BCUT2D eigenvalue weighted by atomic mass is 35.5. The summed E-state index contributed by atoms with van der Waals surface area (Å²) in [6.45, 7) is 6.48. The van der Waals surface area contributed by atoms with Crippen LogP contribution in [-0.2, 0) is 4.74 Å². The SMILES string of the molecule is COC(=O)c1ccc(N=Cc2cc3c(cc2Cl)N(C)C(C)(C)C=C3C)cc1. The van der Waals surface area contributed by atoms with Crippen molar-refractivity contribution in [1.82, 2.24) is 0 Å². The Morgan fingerprint density at radius 1 is 1.22 bits per heavy atom. The lowest BCUT2D eigenvalue weighted by Gasteiger charge is -2.40. The fourth-order valence-corrected chi connectivity index (χ4v) is 3.44. The van der Waals surface area contributed by atoms with Crippen molar-refractivity contribution in [3.8, 4) is 0 Å². The van der Waals surface area contributed by atoms with Crippen LogP contribution in [0.25, 0.3) is 5.57 Å². The number of nitrogens with zero attached hydrogens (tertiary/aromatic N) is 2. The molecule has 0 spiro atoms. The summed E-state index contributed by atoms with van der Waals surface area (Å²) < 4.78 is 4.70. The van der Waals surface area contributed by atoms with Gasteiger partial charge in [-0.05, 0) is 62.7 Å². The quantitative estimate of drug-likeness (QED) is 0.519.